The van der Waals surface area contributed by atoms with Crippen molar-refractivity contribution in [2.75, 3.05) is 13.6 Å². The van der Waals surface area contributed by atoms with Gasteiger partial charge in [0.15, 0.2) is 12.1 Å². The van der Waals surface area contributed by atoms with Crippen LogP contribution >= 0.6 is 0 Å². The summed E-state index contributed by atoms with van der Waals surface area (Å²) in [6.07, 6.45) is 19.8. The molecular weight excluding hydrogens is 1190 g/mol. The van der Waals surface area contributed by atoms with E-state index in [1.807, 2.05) is 48.6 Å². The molecule has 28 heteroatoms. The highest BCUT2D eigenvalue weighted by Crippen LogP contribution is 2.25. The number of hydrogen-bond donors (Lipinski definition) is 9. The first-order valence-electron chi connectivity index (χ1n) is 30.7. The Bertz CT molecular complexity index is 2830. The average molecular weight is 1290 g/mol. The number of cyclic esters (lactones) is 2. The maximum Gasteiger partial charge on any atom is 0.333 e. The molecule has 2 fully saturated rings. The summed E-state index contributed by atoms with van der Waals surface area (Å²) >= 11 is 0. The Kier molecular flexibility index (Phi) is 32.2. The number of ether oxygens (including phenoxy) is 2. The fraction of sp³-hybridized carbons (Fsp3) is 0.629. The van der Waals surface area contributed by atoms with Crippen molar-refractivity contribution < 1.29 is 80.6 Å². The van der Waals surface area contributed by atoms with Crippen LogP contribution in [0.25, 0.3) is 0 Å². The number of allylic oxidation sites excluding steroid dienone is 10. The number of hydrogen-bond acceptors (Lipinski definition) is 17. The van der Waals surface area contributed by atoms with Gasteiger partial charge in [0, 0.05) is 37.8 Å². The maximum absolute atomic E-state index is 15.2. The van der Waals surface area contributed by atoms with Gasteiger partial charge in [0.1, 0.15) is 42.4 Å². The van der Waals surface area contributed by atoms with Crippen LogP contribution in [0.15, 0.2) is 77.5 Å². The van der Waals surface area contributed by atoms with E-state index in [2.05, 4.69) is 36.5 Å². The smallest absolute Gasteiger partial charge is 0.333 e. The quantitative estimate of drug-likeness (QED) is 0.0187. The van der Waals surface area contributed by atoms with Gasteiger partial charge >= 0.3 is 28.2 Å². The topological polar surface area (TPSA) is 378 Å². The molecule has 2 saturated heterocycles. The summed E-state index contributed by atoms with van der Waals surface area (Å²) in [5, 5.41) is 37.3. The molecule has 7 amide bonds. The molecule has 0 aromatic rings. The lowest BCUT2D eigenvalue weighted by Gasteiger charge is -2.41. The third kappa shape index (κ3) is 25.1. The monoisotopic (exact) mass is 1280 g/mol. The van der Waals surface area contributed by atoms with Crippen molar-refractivity contribution in [1.82, 2.24) is 46.3 Å². The number of aliphatic hydroxyl groups is 1. The lowest BCUT2D eigenvalue weighted by atomic mass is 9.98. The van der Waals surface area contributed by atoms with Crippen molar-refractivity contribution >= 4 is 75.8 Å². The fourth-order valence-electron chi connectivity index (χ4n) is 9.75. The first kappa shape index (κ1) is 76.8. The minimum Gasteiger partial charge on any atom is -0.481 e. The van der Waals surface area contributed by atoms with Gasteiger partial charge in [-0.3, -0.25) is 47.9 Å². The van der Waals surface area contributed by atoms with Gasteiger partial charge in [-0.1, -0.05) is 115 Å². The second-order valence-electron chi connectivity index (χ2n) is 24.0. The predicted octanol–water partition coefficient (Wildman–Crippen LogP) is 3.39. The van der Waals surface area contributed by atoms with E-state index < -0.39 is 160 Å². The molecule has 502 valence electrons. The number of carbonyl (C=O) groups excluding carboxylic acids is 9. The molecule has 0 spiro atoms. The third-order valence-electron chi connectivity index (χ3n) is 15.0. The van der Waals surface area contributed by atoms with Gasteiger partial charge in [-0.25, -0.2) is 20.0 Å². The Morgan fingerprint density at radius 1 is 0.756 bits per heavy atom. The highest BCUT2D eigenvalue weighted by atomic mass is 32.2. The molecule has 9 N–H and O–H groups in total. The number of carboxylic acid groups (broad SMARTS) is 1. The summed E-state index contributed by atoms with van der Waals surface area (Å²) in [6, 6.07) is -11.0. The van der Waals surface area contributed by atoms with E-state index in [1.165, 1.54) is 34.0 Å². The molecule has 0 aliphatic carbocycles. The Hall–Kier alpha value is -7.40. The highest BCUT2D eigenvalue weighted by Gasteiger charge is 2.47. The van der Waals surface area contributed by atoms with E-state index in [9.17, 15) is 61.8 Å². The fourth-order valence-corrected chi connectivity index (χ4v) is 10.4. The lowest BCUT2D eigenvalue weighted by molar-refractivity contribution is -0.169. The Morgan fingerprint density at radius 2 is 1.34 bits per heavy atom. The number of nitrogens with zero attached hydrogens (tertiary/aromatic N) is 4. The number of hydrazine groups is 1. The number of carboxylic acids is 1. The molecule has 12 unspecified atom stereocenters. The Morgan fingerprint density at radius 3 is 1.92 bits per heavy atom. The molecule has 0 aromatic carbocycles. The van der Waals surface area contributed by atoms with Crippen LogP contribution in [0.2, 0.25) is 0 Å². The number of nitrogens with one attached hydrogen (secondary N) is 6. The molecule has 3 heterocycles. The van der Waals surface area contributed by atoms with Crippen molar-refractivity contribution in [2.24, 2.45) is 28.8 Å². The number of aliphatic carboxylic acids is 1. The van der Waals surface area contributed by atoms with Gasteiger partial charge in [0.25, 0.3) is 17.7 Å². The van der Waals surface area contributed by atoms with Gasteiger partial charge in [-0.2, -0.15) is 18.2 Å². The minimum atomic E-state index is -4.24. The predicted molar refractivity (Wildman–Crippen MR) is 335 cm³/mol. The molecule has 0 aromatic heterocycles. The summed E-state index contributed by atoms with van der Waals surface area (Å²) in [6.45, 7) is 17.3. The van der Waals surface area contributed by atoms with E-state index in [1.54, 1.807) is 73.6 Å². The second kappa shape index (κ2) is 37.7. The number of hydrazone groups is 1. The van der Waals surface area contributed by atoms with Crippen LogP contribution in [-0.2, 0) is 67.7 Å². The first-order chi connectivity index (χ1) is 42.3. The number of fused-ring (bicyclic) bond motifs is 2. The number of amides is 7. The second-order valence-corrected chi connectivity index (χ2v) is 25.2. The van der Waals surface area contributed by atoms with E-state index in [0.29, 0.717) is 31.3 Å². The largest absolute Gasteiger partial charge is 0.481 e. The molecule has 90 heavy (non-hydrogen) atoms. The maximum atomic E-state index is 15.2. The van der Waals surface area contributed by atoms with E-state index in [0.717, 1.165) is 27.8 Å². The zero-order valence-electron chi connectivity index (χ0n) is 53.8. The van der Waals surface area contributed by atoms with Crippen LogP contribution in [0.5, 0.6) is 0 Å². The summed E-state index contributed by atoms with van der Waals surface area (Å²) in [5.41, 5.74) is 3.26. The van der Waals surface area contributed by atoms with Crippen LogP contribution in [-0.4, -0.2) is 184 Å². The van der Waals surface area contributed by atoms with Gasteiger partial charge in [0.05, 0.1) is 12.0 Å². The number of carbonyl (C=O) groups is 10. The number of likely N-dealkylation sites (N-methyl/N-ethyl adjacent to an activating group) is 1. The Balaban J connectivity index is 1.89. The number of esters is 2. The van der Waals surface area contributed by atoms with Crippen LogP contribution in [0.3, 0.4) is 0 Å². The van der Waals surface area contributed by atoms with E-state index in [4.69, 9.17) is 14.0 Å². The van der Waals surface area contributed by atoms with Crippen LogP contribution < -0.4 is 31.4 Å². The molecule has 3 rings (SSSR count). The minimum absolute atomic E-state index is 0.00286. The van der Waals surface area contributed by atoms with Gasteiger partial charge in [0.2, 0.25) is 23.6 Å². The molecule has 0 radical (unpaired) electrons. The average Bonchev–Trinajstić information content (AvgIpc) is 1.17. The standard InChI is InChI=1S/C62H96N10O17S/c1-37(2)35-47-62(84)88-44(11)52(59(80)71-45(31-27-33-63-71)57(78)72-46(32-28-34-64-72)61(83)89-48(36-41(8)60(81)82)54(75)67-51(43(10)73)58(79)70(47)12)68-56(77)50(39(5)6)66-55(76)49(38(3)4)65-53(74)40(7)29-25-23-21-19-17-15-13-14-16-18-20-22-24-26-30-42(9)69-90(85,86)87/h15-22,24,26,29,34,37-39,41-52,63,69,73H,13-14,23,25,27-28,30-33,35-36H2,1-12H3,(H,65,74)(H,66,76)(H,67,75)(H,68,77)(H,81,82)(H,85,86,87)/b17-15+,18-16+,21-19+,22-20-,26-24+,40-29+. The molecule has 3 aliphatic heterocycles. The summed E-state index contributed by atoms with van der Waals surface area (Å²) in [5.74, 6) is -12.5. The van der Waals surface area contributed by atoms with Crippen molar-refractivity contribution in [3.63, 3.8) is 0 Å². The molecule has 27 nitrogen and oxygen atoms in total. The SMILES string of the molecule is C/C(=C\CC/C=C/C=C/CC/C=C/C=C\C=C\CC(C)NS(=O)(=O)O)C(=O)NC(C(=O)NC(C(=O)NC1C(=O)N2NCCCC2C(=O)N2N=CCCC2C(=O)OC(CC(C)C(=O)O)C(=O)NC(C(C)O)C(=O)N(C)C(CC(C)C)C(=O)OC1C)C(C)C)C(C)C. The molecule has 0 bridgehead atoms. The van der Waals surface area contributed by atoms with Gasteiger partial charge in [-0.15, -0.1) is 0 Å². The Labute approximate surface area is 528 Å². The summed E-state index contributed by atoms with van der Waals surface area (Å²) in [4.78, 5) is 143. The van der Waals surface area contributed by atoms with Crippen molar-refractivity contribution in [2.45, 2.75) is 213 Å². The van der Waals surface area contributed by atoms with Crippen molar-refractivity contribution in [3.05, 3.63) is 72.4 Å². The molecule has 12 atom stereocenters. The van der Waals surface area contributed by atoms with Crippen molar-refractivity contribution in [1.29, 1.82) is 0 Å². The van der Waals surface area contributed by atoms with Gasteiger partial charge in [-0.05, 0) is 110 Å². The normalized spacial score (nSPS) is 24.2. The highest BCUT2D eigenvalue weighted by molar-refractivity contribution is 7.83. The molecular formula is C62H96N10O17S. The van der Waals surface area contributed by atoms with E-state index >= 15 is 4.79 Å². The van der Waals surface area contributed by atoms with Crippen LogP contribution in [0.4, 0.5) is 0 Å². The molecule has 3 aliphatic rings. The first-order valence-corrected chi connectivity index (χ1v) is 32.2. The van der Waals surface area contributed by atoms with E-state index in [-0.39, 0.29) is 38.1 Å². The number of aliphatic hydroxyl groups excluding tert-OH is 1. The summed E-state index contributed by atoms with van der Waals surface area (Å²) < 4.78 is 44.4. The zero-order chi connectivity index (χ0) is 67.6. The zero-order valence-corrected chi connectivity index (χ0v) is 54.6. The number of rotatable bonds is 27. The lowest BCUT2D eigenvalue weighted by Crippen LogP contribution is -2.67. The summed E-state index contributed by atoms with van der Waals surface area (Å²) in [7, 11) is -3.01. The van der Waals surface area contributed by atoms with Gasteiger partial charge < -0.3 is 45.9 Å². The van der Waals surface area contributed by atoms with Crippen LogP contribution in [0.1, 0.15) is 147 Å². The van der Waals surface area contributed by atoms with Crippen molar-refractivity contribution in [3.8, 4) is 0 Å². The third-order valence-corrected chi connectivity index (χ3v) is 15.7. The molecule has 0 saturated carbocycles. The number of unbranched alkanes of at least 4 members (excludes halogenated alkanes) is 2. The van der Waals surface area contributed by atoms with Crippen LogP contribution in [0, 0.1) is 23.7 Å².